The van der Waals surface area contributed by atoms with E-state index in [-0.39, 0.29) is 17.9 Å². The van der Waals surface area contributed by atoms with E-state index in [4.69, 9.17) is 9.47 Å². The molecular formula is C23H24N2O5. The minimum absolute atomic E-state index is 0.0510. The monoisotopic (exact) mass is 408 g/mol. The summed E-state index contributed by atoms with van der Waals surface area (Å²) in [5, 5.41) is 12.0. The van der Waals surface area contributed by atoms with Crippen LogP contribution in [0.2, 0.25) is 0 Å². The smallest absolute Gasteiger partial charge is 0.314 e. The van der Waals surface area contributed by atoms with Crippen molar-refractivity contribution in [1.82, 2.24) is 4.98 Å². The molecule has 0 radical (unpaired) electrons. The number of para-hydroxylation sites is 1. The molecule has 3 aromatic rings. The quantitative estimate of drug-likeness (QED) is 0.273. The van der Waals surface area contributed by atoms with Crippen LogP contribution in [0.15, 0.2) is 42.5 Å². The van der Waals surface area contributed by atoms with Gasteiger partial charge in [0.05, 0.1) is 23.6 Å². The number of aromatic amines is 1. The molecule has 4 rings (SSSR count). The summed E-state index contributed by atoms with van der Waals surface area (Å²) in [4.78, 5) is 26.6. The molecule has 0 spiro atoms. The average molecular weight is 408 g/mol. The Morgan fingerprint density at radius 3 is 2.67 bits per heavy atom. The fraction of sp³-hybridized carbons (Fsp3) is 0.348. The summed E-state index contributed by atoms with van der Waals surface area (Å²) in [7, 11) is 0. The number of aryl methyl sites for hydroxylation is 1. The Kier molecular flexibility index (Phi) is 5.30. The molecule has 1 aliphatic heterocycles. The van der Waals surface area contributed by atoms with E-state index in [2.05, 4.69) is 30.1 Å². The largest absolute Gasteiger partial charge is 0.426 e. The molecule has 2 aromatic carbocycles. The van der Waals surface area contributed by atoms with Gasteiger partial charge in [0.1, 0.15) is 11.4 Å². The van der Waals surface area contributed by atoms with Gasteiger partial charge < -0.3 is 14.5 Å². The van der Waals surface area contributed by atoms with Crippen molar-refractivity contribution >= 4 is 22.6 Å². The lowest BCUT2D eigenvalue weighted by Gasteiger charge is -2.36. The van der Waals surface area contributed by atoms with E-state index in [0.29, 0.717) is 13.0 Å². The predicted octanol–water partition coefficient (Wildman–Crippen LogP) is 4.81. The second kappa shape index (κ2) is 7.91. The molecule has 7 heteroatoms. The molecule has 2 heterocycles. The Labute approximate surface area is 174 Å². The topological polar surface area (TPSA) is 94.5 Å². The third-order valence-corrected chi connectivity index (χ3v) is 5.87. The van der Waals surface area contributed by atoms with Crippen molar-refractivity contribution < 1.29 is 19.2 Å². The number of esters is 1. The molecule has 1 aliphatic rings. The molecule has 1 atom stereocenters. The van der Waals surface area contributed by atoms with Gasteiger partial charge in [0.15, 0.2) is 0 Å². The number of rotatable bonds is 6. The maximum atomic E-state index is 12.8. The molecule has 0 aliphatic carbocycles. The van der Waals surface area contributed by atoms with Gasteiger partial charge in [0.25, 0.3) is 5.69 Å². The molecule has 0 fully saturated rings. The van der Waals surface area contributed by atoms with Gasteiger partial charge in [0.2, 0.25) is 0 Å². The second-order valence-electron chi connectivity index (χ2n) is 7.52. The third kappa shape index (κ3) is 3.45. The first-order chi connectivity index (χ1) is 14.5. The van der Waals surface area contributed by atoms with Crippen LogP contribution in [0.25, 0.3) is 10.9 Å². The van der Waals surface area contributed by atoms with Gasteiger partial charge in [-0.25, -0.2) is 0 Å². The summed E-state index contributed by atoms with van der Waals surface area (Å²) >= 11 is 0. The molecule has 1 unspecified atom stereocenters. The number of carbonyl (C=O) groups is 1. The van der Waals surface area contributed by atoms with Crippen molar-refractivity contribution in [3.05, 3.63) is 69.4 Å². The SMILES string of the molecule is CCc1cccc2c3c([nH]c12)C(CC)(CC(=O)Oc1ccc([N+](=O)[O-])cc1)OCC3. The lowest BCUT2D eigenvalue weighted by atomic mass is 9.86. The Balaban J connectivity index is 1.63. The zero-order valence-electron chi connectivity index (χ0n) is 17.1. The van der Waals surface area contributed by atoms with E-state index in [1.54, 1.807) is 0 Å². The molecule has 156 valence electrons. The van der Waals surface area contributed by atoms with Gasteiger partial charge in [-0.15, -0.1) is 0 Å². The van der Waals surface area contributed by atoms with Crippen LogP contribution in [-0.4, -0.2) is 22.5 Å². The van der Waals surface area contributed by atoms with Crippen LogP contribution in [0.3, 0.4) is 0 Å². The summed E-state index contributed by atoms with van der Waals surface area (Å²) in [5.74, 6) is -0.161. The normalized spacial score (nSPS) is 18.2. The number of nitrogens with one attached hydrogen (secondary N) is 1. The van der Waals surface area contributed by atoms with Crippen LogP contribution in [0, 0.1) is 10.1 Å². The highest BCUT2D eigenvalue weighted by Gasteiger charge is 2.41. The number of nitro groups is 1. The number of hydrogen-bond acceptors (Lipinski definition) is 5. The van der Waals surface area contributed by atoms with Crippen molar-refractivity contribution in [3.8, 4) is 5.75 Å². The van der Waals surface area contributed by atoms with E-state index in [9.17, 15) is 14.9 Å². The maximum absolute atomic E-state index is 12.8. The van der Waals surface area contributed by atoms with Crippen LogP contribution in [0.4, 0.5) is 5.69 Å². The molecule has 0 saturated heterocycles. The van der Waals surface area contributed by atoms with Crippen LogP contribution in [0.5, 0.6) is 5.75 Å². The second-order valence-corrected chi connectivity index (χ2v) is 7.52. The van der Waals surface area contributed by atoms with E-state index < -0.39 is 16.5 Å². The molecule has 30 heavy (non-hydrogen) atoms. The van der Waals surface area contributed by atoms with Crippen molar-refractivity contribution in [3.63, 3.8) is 0 Å². The van der Waals surface area contributed by atoms with Gasteiger partial charge in [-0.2, -0.15) is 0 Å². The van der Waals surface area contributed by atoms with Crippen LogP contribution < -0.4 is 4.74 Å². The van der Waals surface area contributed by atoms with Crippen molar-refractivity contribution in [1.29, 1.82) is 0 Å². The molecule has 0 saturated carbocycles. The van der Waals surface area contributed by atoms with Crippen LogP contribution in [-0.2, 0) is 28.0 Å². The number of ether oxygens (including phenoxy) is 2. The first-order valence-corrected chi connectivity index (χ1v) is 10.2. The number of aromatic nitrogens is 1. The molecule has 7 nitrogen and oxygen atoms in total. The highest BCUT2D eigenvalue weighted by Crippen LogP contribution is 2.42. The Morgan fingerprint density at radius 1 is 1.23 bits per heavy atom. The van der Waals surface area contributed by atoms with Gasteiger partial charge in [-0.3, -0.25) is 14.9 Å². The minimum Gasteiger partial charge on any atom is -0.426 e. The number of non-ortho nitro benzene ring substituents is 1. The van der Waals surface area contributed by atoms with Crippen molar-refractivity contribution in [2.24, 2.45) is 0 Å². The van der Waals surface area contributed by atoms with Crippen LogP contribution >= 0.6 is 0 Å². The lowest BCUT2D eigenvalue weighted by Crippen LogP contribution is -2.38. The summed E-state index contributed by atoms with van der Waals surface area (Å²) in [5.41, 5.74) is 3.67. The number of nitrogens with zero attached hydrogens (tertiary/aromatic N) is 1. The Morgan fingerprint density at radius 2 is 2.00 bits per heavy atom. The number of nitro benzene ring substituents is 1. The lowest BCUT2D eigenvalue weighted by molar-refractivity contribution is -0.384. The van der Waals surface area contributed by atoms with E-state index in [1.807, 2.05) is 6.92 Å². The minimum atomic E-state index is -0.782. The molecule has 0 bridgehead atoms. The highest BCUT2D eigenvalue weighted by molar-refractivity contribution is 5.88. The fourth-order valence-electron chi connectivity index (χ4n) is 4.28. The summed E-state index contributed by atoms with van der Waals surface area (Å²) in [6.45, 7) is 4.66. The molecule has 1 N–H and O–H groups in total. The van der Waals surface area contributed by atoms with E-state index in [0.717, 1.165) is 24.1 Å². The predicted molar refractivity (Wildman–Crippen MR) is 113 cm³/mol. The third-order valence-electron chi connectivity index (χ3n) is 5.87. The highest BCUT2D eigenvalue weighted by atomic mass is 16.6. The van der Waals surface area contributed by atoms with E-state index in [1.165, 1.54) is 40.8 Å². The standard InChI is InChI=1S/C23H24N2O5/c1-3-15-6-5-7-18-19-12-13-29-23(4-2,22(19)24-21(15)18)14-20(26)30-17-10-8-16(9-11-17)25(27)28/h5-11,24H,3-4,12-14H2,1-2H3. The van der Waals surface area contributed by atoms with Gasteiger partial charge >= 0.3 is 5.97 Å². The molecular weight excluding hydrogens is 384 g/mol. The average Bonchev–Trinajstić information content (AvgIpc) is 3.14. The first-order valence-electron chi connectivity index (χ1n) is 10.2. The van der Waals surface area contributed by atoms with Crippen molar-refractivity contribution in [2.45, 2.75) is 45.1 Å². The van der Waals surface area contributed by atoms with Crippen molar-refractivity contribution in [2.75, 3.05) is 6.61 Å². The number of H-pyrrole nitrogens is 1. The summed E-state index contributed by atoms with van der Waals surface area (Å²) in [6.07, 6.45) is 2.38. The Bertz CT molecular complexity index is 1100. The van der Waals surface area contributed by atoms with Crippen LogP contribution in [0.1, 0.15) is 43.5 Å². The maximum Gasteiger partial charge on any atom is 0.314 e. The zero-order valence-corrected chi connectivity index (χ0v) is 17.1. The van der Waals surface area contributed by atoms with Gasteiger partial charge in [-0.1, -0.05) is 32.0 Å². The summed E-state index contributed by atoms with van der Waals surface area (Å²) < 4.78 is 11.6. The summed E-state index contributed by atoms with van der Waals surface area (Å²) in [6, 6.07) is 11.8. The molecule has 1 aromatic heterocycles. The van der Waals surface area contributed by atoms with E-state index >= 15 is 0 Å². The van der Waals surface area contributed by atoms with Gasteiger partial charge in [0, 0.05) is 23.0 Å². The Hall–Kier alpha value is -3.19. The number of carbonyl (C=O) groups excluding carboxylic acids is 1. The first kappa shape index (κ1) is 20.1. The number of hydrogen-bond donors (Lipinski definition) is 1. The number of fused-ring (bicyclic) bond motifs is 3. The number of benzene rings is 2. The zero-order chi connectivity index (χ0) is 21.3. The van der Waals surface area contributed by atoms with Gasteiger partial charge in [-0.05, 0) is 42.5 Å². The fourth-order valence-corrected chi connectivity index (χ4v) is 4.28. The molecule has 0 amide bonds.